The van der Waals surface area contributed by atoms with Crippen LogP contribution in [0.4, 0.5) is 4.79 Å². The van der Waals surface area contributed by atoms with E-state index in [2.05, 4.69) is 0 Å². The molecule has 0 aliphatic carbocycles. The molecular weight excluding hydrogens is 378 g/mol. The van der Waals surface area contributed by atoms with Crippen molar-refractivity contribution in [3.05, 3.63) is 0 Å². The fraction of sp³-hybridized carbons (Fsp3) is 0.857. The molecule has 2 aliphatic rings. The second-order valence-corrected chi connectivity index (χ2v) is 9.04. The lowest BCUT2D eigenvalue weighted by Gasteiger charge is -2.52. The molecule has 1 N–H and O–H groups in total. The Morgan fingerprint density at radius 1 is 1.24 bits per heavy atom. The second kappa shape index (κ2) is 8.60. The number of rotatable bonds is 3. The third-order valence-corrected chi connectivity index (χ3v) is 6.58. The molecule has 1 unspecified atom stereocenters. The molecule has 29 heavy (non-hydrogen) atoms. The number of amides is 1. The van der Waals surface area contributed by atoms with E-state index in [0.717, 1.165) is 6.42 Å². The van der Waals surface area contributed by atoms with Crippen LogP contribution >= 0.6 is 0 Å². The number of nitrogens with zero attached hydrogens (tertiary/aromatic N) is 1. The van der Waals surface area contributed by atoms with Crippen molar-refractivity contribution in [2.75, 3.05) is 20.3 Å². The molecule has 2 rings (SSSR count). The van der Waals surface area contributed by atoms with Crippen LogP contribution in [-0.2, 0) is 23.8 Å². The van der Waals surface area contributed by atoms with Gasteiger partial charge < -0.3 is 19.3 Å². The first-order valence-corrected chi connectivity index (χ1v) is 10.4. The number of hydrogen-bond donors (Lipinski definition) is 1. The number of cyclic esters (lactones) is 1. The molecule has 0 aromatic rings. The van der Waals surface area contributed by atoms with Crippen LogP contribution in [0.25, 0.3) is 0 Å². The Balaban J connectivity index is 2.37. The summed E-state index contributed by atoms with van der Waals surface area (Å²) in [4.78, 5) is 38.4. The van der Waals surface area contributed by atoms with Gasteiger partial charge in [0.25, 0.3) is 0 Å². The molecule has 0 aromatic heterocycles. The number of ketones is 1. The molecular formula is C21H35NO7. The number of carbonyl (C=O) groups is 3. The predicted molar refractivity (Wildman–Crippen MR) is 105 cm³/mol. The Hall–Kier alpha value is -1.67. The lowest BCUT2D eigenvalue weighted by atomic mass is 9.76. The van der Waals surface area contributed by atoms with Crippen LogP contribution < -0.4 is 0 Å². The number of Topliss-reactive ketones (excluding diaryl/α,β-unsaturated/α-hetero) is 1. The molecule has 8 heteroatoms. The van der Waals surface area contributed by atoms with E-state index in [4.69, 9.17) is 14.2 Å². The summed E-state index contributed by atoms with van der Waals surface area (Å²) in [6.45, 7) is 8.85. The van der Waals surface area contributed by atoms with Crippen molar-refractivity contribution in [3.8, 4) is 0 Å². The van der Waals surface area contributed by atoms with Gasteiger partial charge in [0.2, 0.25) is 5.72 Å². The Kier molecular flexibility index (Phi) is 7.00. The van der Waals surface area contributed by atoms with E-state index < -0.39 is 34.9 Å². The van der Waals surface area contributed by atoms with Crippen LogP contribution in [0, 0.1) is 11.8 Å². The minimum absolute atomic E-state index is 0.0726. The van der Waals surface area contributed by atoms with Crippen molar-refractivity contribution in [1.29, 1.82) is 0 Å². The molecule has 0 saturated carbocycles. The van der Waals surface area contributed by atoms with Gasteiger partial charge in [0.1, 0.15) is 11.7 Å². The van der Waals surface area contributed by atoms with E-state index in [0.29, 0.717) is 19.3 Å². The van der Waals surface area contributed by atoms with E-state index in [1.54, 1.807) is 14.0 Å². The Labute approximate surface area is 172 Å². The standard InChI is InChI=1S/C21H35NO7/c1-7-9-21(26)12-22-18(25)29-20(22,5)13-28-17(24)15(3)16(23)8-10-19(4,27-6)11-14(21)2/h14-15,26H,7-13H2,1-6H3/t14-,15?,19+,20-,21-/m1/s1. The molecule has 0 spiro atoms. The molecule has 1 amide bonds. The van der Waals surface area contributed by atoms with Crippen molar-refractivity contribution in [2.24, 2.45) is 11.8 Å². The monoisotopic (exact) mass is 413 g/mol. The third-order valence-electron chi connectivity index (χ3n) is 6.58. The van der Waals surface area contributed by atoms with Crippen LogP contribution in [-0.4, -0.2) is 65.0 Å². The molecule has 0 bridgehead atoms. The largest absolute Gasteiger partial charge is 0.459 e. The molecule has 2 aliphatic heterocycles. The summed E-state index contributed by atoms with van der Waals surface area (Å²) in [6.07, 6.45) is 1.77. The zero-order chi connectivity index (χ0) is 22.0. The molecule has 2 saturated heterocycles. The lowest BCUT2D eigenvalue weighted by molar-refractivity contribution is -0.225. The van der Waals surface area contributed by atoms with Crippen molar-refractivity contribution in [3.63, 3.8) is 0 Å². The van der Waals surface area contributed by atoms with Gasteiger partial charge in [-0.3, -0.25) is 14.5 Å². The van der Waals surface area contributed by atoms with Gasteiger partial charge >= 0.3 is 12.1 Å². The second-order valence-electron chi connectivity index (χ2n) is 9.04. The van der Waals surface area contributed by atoms with E-state index in [1.165, 1.54) is 11.8 Å². The van der Waals surface area contributed by atoms with Crippen molar-refractivity contribution in [2.45, 2.75) is 83.6 Å². The average molecular weight is 414 g/mol. The summed E-state index contributed by atoms with van der Waals surface area (Å²) in [7, 11) is 1.58. The SMILES string of the molecule is CCC[C@@]1(O)CN2C(=O)O[C@]2(C)COC(=O)C(C)C(=O)CC[C@](C)(OC)C[C@H]1C. The molecule has 8 nitrogen and oxygen atoms in total. The van der Waals surface area contributed by atoms with Crippen LogP contribution in [0.3, 0.4) is 0 Å². The fourth-order valence-corrected chi connectivity index (χ4v) is 4.17. The Morgan fingerprint density at radius 2 is 1.90 bits per heavy atom. The minimum Gasteiger partial charge on any atom is -0.459 e. The summed E-state index contributed by atoms with van der Waals surface area (Å²) in [6, 6.07) is 0. The smallest absolute Gasteiger partial charge is 0.415 e. The summed E-state index contributed by atoms with van der Waals surface area (Å²) in [5, 5.41) is 11.5. The number of methoxy groups -OCH3 is 1. The molecule has 166 valence electrons. The van der Waals surface area contributed by atoms with Crippen LogP contribution in [0.5, 0.6) is 0 Å². The first-order chi connectivity index (χ1) is 13.4. The van der Waals surface area contributed by atoms with Crippen LogP contribution in [0.2, 0.25) is 0 Å². The van der Waals surface area contributed by atoms with Gasteiger partial charge in [-0.15, -0.1) is 0 Å². The highest BCUT2D eigenvalue weighted by Gasteiger charge is 2.55. The van der Waals surface area contributed by atoms with Gasteiger partial charge in [-0.05, 0) is 46.0 Å². The number of aliphatic hydroxyl groups is 1. The number of carbonyl (C=O) groups excluding carboxylic acids is 3. The molecule has 5 atom stereocenters. The maximum absolute atomic E-state index is 12.5. The van der Waals surface area contributed by atoms with Gasteiger partial charge in [-0.25, -0.2) is 4.79 Å². The molecule has 2 fully saturated rings. The average Bonchev–Trinajstić information content (AvgIpc) is 2.67. The number of esters is 1. The first kappa shape index (κ1) is 23.6. The molecule has 0 aromatic carbocycles. The summed E-state index contributed by atoms with van der Waals surface area (Å²) in [5.41, 5.74) is -2.98. The fourth-order valence-electron chi connectivity index (χ4n) is 4.17. The molecule has 2 heterocycles. The maximum atomic E-state index is 12.5. The van der Waals surface area contributed by atoms with Crippen LogP contribution in [0.15, 0.2) is 0 Å². The van der Waals surface area contributed by atoms with Crippen molar-refractivity contribution < 1.29 is 33.7 Å². The van der Waals surface area contributed by atoms with Crippen molar-refractivity contribution >= 4 is 17.8 Å². The van der Waals surface area contributed by atoms with Crippen LogP contribution in [0.1, 0.15) is 66.7 Å². The zero-order valence-corrected chi connectivity index (χ0v) is 18.4. The topological polar surface area (TPSA) is 102 Å². The third kappa shape index (κ3) is 4.91. The van der Waals surface area contributed by atoms with E-state index in [9.17, 15) is 19.5 Å². The Bertz CT molecular complexity index is 653. The first-order valence-electron chi connectivity index (χ1n) is 10.4. The predicted octanol–water partition coefficient (Wildman–Crippen LogP) is 2.66. The number of ether oxygens (including phenoxy) is 3. The van der Waals surface area contributed by atoms with E-state index in [-0.39, 0.29) is 31.3 Å². The van der Waals surface area contributed by atoms with E-state index in [1.807, 2.05) is 20.8 Å². The normalized spacial score (nSPS) is 39.7. The van der Waals surface area contributed by atoms with Crippen molar-refractivity contribution in [1.82, 2.24) is 4.90 Å². The molecule has 0 radical (unpaired) electrons. The van der Waals surface area contributed by atoms with Gasteiger partial charge in [0, 0.05) is 13.5 Å². The zero-order valence-electron chi connectivity index (χ0n) is 18.4. The maximum Gasteiger partial charge on any atom is 0.415 e. The minimum atomic E-state index is -1.17. The van der Waals surface area contributed by atoms with Gasteiger partial charge in [-0.2, -0.15) is 0 Å². The highest BCUT2D eigenvalue weighted by atomic mass is 16.7. The van der Waals surface area contributed by atoms with Gasteiger partial charge in [-0.1, -0.05) is 20.3 Å². The van der Waals surface area contributed by atoms with Gasteiger partial charge in [0.15, 0.2) is 6.61 Å². The lowest BCUT2D eigenvalue weighted by Crippen LogP contribution is -2.70. The highest BCUT2D eigenvalue weighted by Crippen LogP contribution is 2.39. The summed E-state index contributed by atoms with van der Waals surface area (Å²) >= 11 is 0. The highest BCUT2D eigenvalue weighted by molar-refractivity contribution is 5.98. The Morgan fingerprint density at radius 3 is 2.45 bits per heavy atom. The van der Waals surface area contributed by atoms with Gasteiger partial charge in [0.05, 0.1) is 17.7 Å². The van der Waals surface area contributed by atoms with E-state index >= 15 is 0 Å². The summed E-state index contributed by atoms with van der Waals surface area (Å²) < 4.78 is 16.3. The quantitative estimate of drug-likeness (QED) is 0.560. The number of fused-ring (bicyclic) bond motifs is 1. The summed E-state index contributed by atoms with van der Waals surface area (Å²) in [5.74, 6) is -1.98. The number of hydrogen-bond acceptors (Lipinski definition) is 7.